The van der Waals surface area contributed by atoms with Crippen molar-refractivity contribution in [2.75, 3.05) is 0 Å². The Balaban J connectivity index is 2.29. The molecule has 0 amide bonds. The number of rotatable bonds is 5. The molecule has 0 saturated heterocycles. The van der Waals surface area contributed by atoms with E-state index in [0.717, 1.165) is 0 Å². The molecule has 2 aromatic rings. The quantitative estimate of drug-likeness (QED) is 0.773. The molecule has 0 unspecified atom stereocenters. The van der Waals surface area contributed by atoms with Crippen LogP contribution in [-0.2, 0) is 23.1 Å². The van der Waals surface area contributed by atoms with Gasteiger partial charge in [-0.2, -0.15) is 0 Å². The molecule has 1 aromatic carbocycles. The fourth-order valence-corrected chi connectivity index (χ4v) is 3.43. The summed E-state index contributed by atoms with van der Waals surface area (Å²) in [6.45, 7) is 0.156. The van der Waals surface area contributed by atoms with Gasteiger partial charge >= 0.3 is 0 Å². The fraction of sp³-hybridized carbons (Fsp3) is 0.182. The van der Waals surface area contributed by atoms with Gasteiger partial charge in [0.25, 0.3) is 0 Å². The number of imidazole rings is 1. The van der Waals surface area contributed by atoms with Crippen LogP contribution in [0.15, 0.2) is 29.4 Å². The van der Waals surface area contributed by atoms with E-state index in [1.807, 2.05) is 0 Å². The number of benzene rings is 1. The fourth-order valence-electron chi connectivity index (χ4n) is 1.57. The Kier molecular flexibility index (Phi) is 4.66. The predicted molar refractivity (Wildman–Crippen MR) is 77.0 cm³/mol. The van der Waals surface area contributed by atoms with Crippen molar-refractivity contribution < 1.29 is 8.42 Å². The molecule has 4 N–H and O–H groups in total. The Bertz CT molecular complexity index is 701. The van der Waals surface area contributed by atoms with Gasteiger partial charge in [-0.25, -0.2) is 18.1 Å². The van der Waals surface area contributed by atoms with Crippen LogP contribution in [-0.4, -0.2) is 18.4 Å². The Morgan fingerprint density at radius 3 is 2.65 bits per heavy atom. The first kappa shape index (κ1) is 15.3. The molecule has 108 valence electrons. The van der Waals surface area contributed by atoms with Gasteiger partial charge in [0.1, 0.15) is 10.7 Å². The third kappa shape index (κ3) is 3.31. The number of aromatic amines is 1. The Morgan fingerprint density at radius 2 is 2.05 bits per heavy atom. The van der Waals surface area contributed by atoms with E-state index in [4.69, 9.17) is 28.9 Å². The van der Waals surface area contributed by atoms with Crippen molar-refractivity contribution in [2.45, 2.75) is 18.0 Å². The summed E-state index contributed by atoms with van der Waals surface area (Å²) in [7, 11) is -3.77. The van der Waals surface area contributed by atoms with Crippen LogP contribution in [0.4, 0.5) is 0 Å². The highest BCUT2D eigenvalue weighted by Gasteiger charge is 2.20. The van der Waals surface area contributed by atoms with Gasteiger partial charge in [0, 0.05) is 24.0 Å². The largest absolute Gasteiger partial charge is 0.347 e. The van der Waals surface area contributed by atoms with Crippen molar-refractivity contribution in [3.05, 3.63) is 46.0 Å². The Morgan fingerprint density at radius 1 is 1.30 bits per heavy atom. The summed E-state index contributed by atoms with van der Waals surface area (Å²) in [4.78, 5) is 6.66. The molecular weight excluding hydrogens is 323 g/mol. The zero-order chi connectivity index (χ0) is 14.8. The smallest absolute Gasteiger partial charge is 0.242 e. The summed E-state index contributed by atoms with van der Waals surface area (Å²) in [6, 6.07) is 2.74. The highest BCUT2D eigenvalue weighted by Crippen LogP contribution is 2.28. The molecule has 0 spiro atoms. The number of hydrogen-bond donors (Lipinski definition) is 3. The molecule has 2 rings (SSSR count). The first-order valence-electron chi connectivity index (χ1n) is 5.60. The van der Waals surface area contributed by atoms with E-state index < -0.39 is 10.0 Å². The Hall–Kier alpha value is -1.12. The van der Waals surface area contributed by atoms with Crippen LogP contribution in [0.5, 0.6) is 0 Å². The molecule has 0 saturated carbocycles. The second-order valence-corrected chi connectivity index (χ2v) is 6.49. The van der Waals surface area contributed by atoms with Gasteiger partial charge in [0.05, 0.1) is 11.6 Å². The van der Waals surface area contributed by atoms with E-state index in [9.17, 15) is 8.42 Å². The third-order valence-corrected chi connectivity index (χ3v) is 4.81. The average Bonchev–Trinajstić information content (AvgIpc) is 2.89. The topological polar surface area (TPSA) is 101 Å². The van der Waals surface area contributed by atoms with Crippen LogP contribution in [0, 0.1) is 0 Å². The molecule has 0 fully saturated rings. The lowest BCUT2D eigenvalue weighted by Crippen LogP contribution is -2.24. The molecule has 20 heavy (non-hydrogen) atoms. The van der Waals surface area contributed by atoms with Crippen LogP contribution >= 0.6 is 23.2 Å². The van der Waals surface area contributed by atoms with Crippen molar-refractivity contribution >= 4 is 33.2 Å². The van der Waals surface area contributed by atoms with E-state index in [2.05, 4.69) is 14.7 Å². The number of aromatic nitrogens is 2. The third-order valence-electron chi connectivity index (χ3n) is 2.59. The molecule has 0 aliphatic heterocycles. The minimum atomic E-state index is -3.77. The number of hydrogen-bond acceptors (Lipinski definition) is 4. The first-order chi connectivity index (χ1) is 9.44. The lowest BCUT2D eigenvalue weighted by atomic mass is 10.2. The van der Waals surface area contributed by atoms with Crippen LogP contribution in [0.3, 0.4) is 0 Å². The molecule has 6 nitrogen and oxygen atoms in total. The van der Waals surface area contributed by atoms with Crippen molar-refractivity contribution in [1.29, 1.82) is 0 Å². The molecular formula is C11H12Cl2N4O2S. The van der Waals surface area contributed by atoms with Crippen LogP contribution in [0.1, 0.15) is 11.4 Å². The summed E-state index contributed by atoms with van der Waals surface area (Å²) < 4.78 is 26.8. The summed E-state index contributed by atoms with van der Waals surface area (Å²) in [5.74, 6) is 0.498. The zero-order valence-electron chi connectivity index (χ0n) is 10.2. The van der Waals surface area contributed by atoms with Crippen molar-refractivity contribution in [2.24, 2.45) is 5.73 Å². The summed E-state index contributed by atoms with van der Waals surface area (Å²) in [6.07, 6.45) is 3.14. The van der Waals surface area contributed by atoms with Gasteiger partial charge < -0.3 is 10.7 Å². The minimum Gasteiger partial charge on any atom is -0.347 e. The first-order valence-corrected chi connectivity index (χ1v) is 7.84. The monoisotopic (exact) mass is 334 g/mol. The average molecular weight is 335 g/mol. The Labute approximate surface area is 126 Å². The van der Waals surface area contributed by atoms with E-state index in [0.29, 0.717) is 16.4 Å². The lowest BCUT2D eigenvalue weighted by Gasteiger charge is -2.10. The standard InChI is InChI=1S/C11H12Cl2N4O2S/c12-8-4-9(13)10(3-7(8)5-14)20(18,19)17-6-11-15-1-2-16-11/h1-4,17H,5-6,14H2,(H,15,16). The van der Waals surface area contributed by atoms with E-state index in [-0.39, 0.29) is 23.0 Å². The molecule has 0 atom stereocenters. The van der Waals surface area contributed by atoms with Gasteiger partial charge in [-0.15, -0.1) is 0 Å². The number of nitrogens with one attached hydrogen (secondary N) is 2. The number of halogens is 2. The zero-order valence-corrected chi connectivity index (χ0v) is 12.6. The molecule has 0 radical (unpaired) electrons. The molecule has 1 heterocycles. The normalized spacial score (nSPS) is 11.8. The molecule has 0 bridgehead atoms. The molecule has 0 aliphatic carbocycles. The van der Waals surface area contributed by atoms with E-state index in [1.165, 1.54) is 18.3 Å². The van der Waals surface area contributed by atoms with Crippen LogP contribution in [0.25, 0.3) is 0 Å². The second kappa shape index (κ2) is 6.11. The van der Waals surface area contributed by atoms with Crippen LogP contribution < -0.4 is 10.5 Å². The van der Waals surface area contributed by atoms with Gasteiger partial charge in [-0.3, -0.25) is 0 Å². The summed E-state index contributed by atoms with van der Waals surface area (Å²) in [5.41, 5.74) is 6.02. The maximum atomic E-state index is 12.2. The van der Waals surface area contributed by atoms with Crippen molar-refractivity contribution in [3.63, 3.8) is 0 Å². The minimum absolute atomic E-state index is 0.0340. The van der Waals surface area contributed by atoms with E-state index in [1.54, 1.807) is 6.20 Å². The van der Waals surface area contributed by atoms with Gasteiger partial charge in [-0.05, 0) is 17.7 Å². The highest BCUT2D eigenvalue weighted by molar-refractivity contribution is 7.89. The lowest BCUT2D eigenvalue weighted by molar-refractivity contribution is 0.579. The summed E-state index contributed by atoms with van der Waals surface area (Å²) >= 11 is 11.9. The van der Waals surface area contributed by atoms with Gasteiger partial charge in [-0.1, -0.05) is 23.2 Å². The molecule has 0 aliphatic rings. The van der Waals surface area contributed by atoms with Crippen molar-refractivity contribution in [1.82, 2.24) is 14.7 Å². The van der Waals surface area contributed by atoms with Crippen LogP contribution in [0.2, 0.25) is 10.0 Å². The number of nitrogens with zero attached hydrogens (tertiary/aromatic N) is 1. The highest BCUT2D eigenvalue weighted by atomic mass is 35.5. The molecule has 9 heteroatoms. The maximum Gasteiger partial charge on any atom is 0.242 e. The van der Waals surface area contributed by atoms with Crippen molar-refractivity contribution in [3.8, 4) is 0 Å². The van der Waals surface area contributed by atoms with Gasteiger partial charge in [0.15, 0.2) is 0 Å². The van der Waals surface area contributed by atoms with Gasteiger partial charge in [0.2, 0.25) is 10.0 Å². The molecule has 1 aromatic heterocycles. The summed E-state index contributed by atoms with van der Waals surface area (Å²) in [5, 5.41) is 0.377. The number of H-pyrrole nitrogens is 1. The predicted octanol–water partition coefficient (Wildman–Crippen LogP) is 1.65. The van der Waals surface area contributed by atoms with E-state index >= 15 is 0 Å². The number of nitrogens with two attached hydrogens (primary N) is 1. The second-order valence-electron chi connectivity index (χ2n) is 3.94. The number of sulfonamides is 1. The SMILES string of the molecule is NCc1cc(S(=O)(=O)NCc2ncc[nH]2)c(Cl)cc1Cl. The maximum absolute atomic E-state index is 12.2.